The molecule has 0 saturated carbocycles. The minimum Gasteiger partial charge on any atom is -0.493 e. The molecule has 0 aliphatic carbocycles. The summed E-state index contributed by atoms with van der Waals surface area (Å²) < 4.78 is 5.28. The van der Waals surface area contributed by atoms with Crippen LogP contribution >= 0.6 is 11.6 Å². The number of hydrogen-bond donors (Lipinski definition) is 0. The van der Waals surface area contributed by atoms with E-state index >= 15 is 0 Å². The van der Waals surface area contributed by atoms with Crippen molar-refractivity contribution < 1.29 is 4.74 Å². The molecule has 2 heteroatoms. The van der Waals surface area contributed by atoms with Crippen LogP contribution < -0.4 is 4.74 Å². The van der Waals surface area contributed by atoms with E-state index in [2.05, 4.69) is 5.92 Å². The van der Waals surface area contributed by atoms with Crippen LogP contribution in [0.25, 0.3) is 0 Å². The maximum absolute atomic E-state index is 5.84. The first kappa shape index (κ1) is 8.96. The molecule has 0 fully saturated rings. The fourth-order valence-corrected chi connectivity index (χ4v) is 1.14. The molecule has 1 rings (SSSR count). The van der Waals surface area contributed by atoms with Gasteiger partial charge in [0.2, 0.25) is 0 Å². The lowest BCUT2D eigenvalue weighted by Gasteiger charge is -2.05. The zero-order valence-electron chi connectivity index (χ0n) is 6.80. The van der Waals surface area contributed by atoms with Crippen molar-refractivity contribution in [3.05, 3.63) is 28.8 Å². The summed E-state index contributed by atoms with van der Waals surface area (Å²) in [5.74, 6) is 3.17. The van der Waals surface area contributed by atoms with E-state index in [1.165, 1.54) is 0 Å². The van der Waals surface area contributed by atoms with Gasteiger partial charge in [0, 0.05) is 0 Å². The van der Waals surface area contributed by atoms with Gasteiger partial charge in [0.1, 0.15) is 5.75 Å². The summed E-state index contributed by atoms with van der Waals surface area (Å²) >= 11 is 5.84. The van der Waals surface area contributed by atoms with Gasteiger partial charge < -0.3 is 4.74 Å². The first-order valence-electron chi connectivity index (χ1n) is 3.67. The first-order chi connectivity index (χ1) is 5.79. The van der Waals surface area contributed by atoms with Crippen LogP contribution in [0.1, 0.15) is 12.5 Å². The monoisotopic (exact) mass is 180 g/mol. The third-order valence-electron chi connectivity index (χ3n) is 1.42. The molecule has 0 unspecified atom stereocenters. The number of hydrogen-bond acceptors (Lipinski definition) is 1. The Bertz CT molecular complexity index is 312. The number of benzene rings is 1. The lowest BCUT2D eigenvalue weighted by Crippen LogP contribution is -1.94. The Kier molecular flexibility index (Phi) is 3.01. The third-order valence-corrected chi connectivity index (χ3v) is 1.73. The van der Waals surface area contributed by atoms with Crippen molar-refractivity contribution in [2.45, 2.75) is 6.92 Å². The molecular weight excluding hydrogens is 172 g/mol. The van der Waals surface area contributed by atoms with Crippen molar-refractivity contribution in [1.82, 2.24) is 0 Å². The van der Waals surface area contributed by atoms with E-state index in [4.69, 9.17) is 22.8 Å². The molecule has 0 amide bonds. The molecule has 0 atom stereocenters. The fourth-order valence-electron chi connectivity index (χ4n) is 0.920. The van der Waals surface area contributed by atoms with Gasteiger partial charge in [-0.2, -0.15) is 0 Å². The van der Waals surface area contributed by atoms with Crippen LogP contribution in [0.15, 0.2) is 18.2 Å². The van der Waals surface area contributed by atoms with Crippen LogP contribution in [-0.2, 0) is 0 Å². The predicted octanol–water partition coefficient (Wildman–Crippen LogP) is 2.72. The number of ether oxygens (including phenoxy) is 1. The second-order valence-corrected chi connectivity index (χ2v) is 2.60. The molecule has 0 aromatic heterocycles. The summed E-state index contributed by atoms with van der Waals surface area (Å²) in [6.07, 6.45) is 5.27. The van der Waals surface area contributed by atoms with Crippen LogP contribution in [-0.4, -0.2) is 6.61 Å². The van der Waals surface area contributed by atoms with Gasteiger partial charge in [-0.05, 0) is 19.1 Å². The number of terminal acetylenes is 1. The first-order valence-corrected chi connectivity index (χ1v) is 4.05. The molecule has 0 saturated heterocycles. The van der Waals surface area contributed by atoms with Crippen molar-refractivity contribution in [3.63, 3.8) is 0 Å². The second kappa shape index (κ2) is 4.04. The van der Waals surface area contributed by atoms with Crippen LogP contribution in [0.5, 0.6) is 5.75 Å². The maximum atomic E-state index is 5.84. The normalized spacial score (nSPS) is 9.08. The lowest BCUT2D eigenvalue weighted by atomic mass is 10.2. The molecule has 1 aromatic rings. The maximum Gasteiger partial charge on any atom is 0.136 e. The van der Waals surface area contributed by atoms with Gasteiger partial charge in [-0.3, -0.25) is 0 Å². The van der Waals surface area contributed by atoms with Crippen molar-refractivity contribution in [1.29, 1.82) is 0 Å². The Morgan fingerprint density at radius 3 is 2.92 bits per heavy atom. The highest BCUT2D eigenvalue weighted by Crippen LogP contribution is 2.24. The van der Waals surface area contributed by atoms with Gasteiger partial charge in [0.15, 0.2) is 0 Å². The van der Waals surface area contributed by atoms with Gasteiger partial charge in [-0.1, -0.05) is 23.6 Å². The standard InChI is InChI=1S/C10H9ClO/c1-3-8-9(11)6-5-7-10(8)12-4-2/h1,5-7H,4H2,2H3. The summed E-state index contributed by atoms with van der Waals surface area (Å²) in [5, 5.41) is 0.559. The molecular formula is C10H9ClO. The molecule has 1 aromatic carbocycles. The van der Waals surface area contributed by atoms with E-state index in [9.17, 15) is 0 Å². The molecule has 0 bridgehead atoms. The van der Waals surface area contributed by atoms with Crippen molar-refractivity contribution in [3.8, 4) is 18.1 Å². The van der Waals surface area contributed by atoms with Crippen LogP contribution in [0, 0.1) is 12.3 Å². The van der Waals surface area contributed by atoms with E-state index in [-0.39, 0.29) is 0 Å². The van der Waals surface area contributed by atoms with Gasteiger partial charge in [-0.15, -0.1) is 6.42 Å². The van der Waals surface area contributed by atoms with Crippen LogP contribution in [0.3, 0.4) is 0 Å². The smallest absolute Gasteiger partial charge is 0.136 e. The van der Waals surface area contributed by atoms with Gasteiger partial charge >= 0.3 is 0 Å². The van der Waals surface area contributed by atoms with Crippen molar-refractivity contribution in [2.75, 3.05) is 6.61 Å². The molecule has 0 aliphatic heterocycles. The largest absolute Gasteiger partial charge is 0.493 e. The van der Waals surface area contributed by atoms with E-state index in [0.29, 0.717) is 22.9 Å². The SMILES string of the molecule is C#Cc1c(Cl)cccc1OCC. The summed E-state index contributed by atoms with van der Waals surface area (Å²) in [7, 11) is 0. The van der Waals surface area contributed by atoms with Gasteiger partial charge in [0.05, 0.1) is 17.2 Å². The Morgan fingerprint density at radius 1 is 1.58 bits per heavy atom. The minimum absolute atomic E-state index is 0.559. The molecule has 0 spiro atoms. The molecule has 0 radical (unpaired) electrons. The van der Waals surface area contributed by atoms with Crippen molar-refractivity contribution in [2.24, 2.45) is 0 Å². The highest BCUT2D eigenvalue weighted by atomic mass is 35.5. The molecule has 0 N–H and O–H groups in total. The zero-order valence-corrected chi connectivity index (χ0v) is 7.56. The third kappa shape index (κ3) is 1.72. The quantitative estimate of drug-likeness (QED) is 0.636. The molecule has 0 aliphatic rings. The lowest BCUT2D eigenvalue weighted by molar-refractivity contribution is 0.339. The Morgan fingerprint density at radius 2 is 2.33 bits per heavy atom. The van der Waals surface area contributed by atoms with Crippen LogP contribution in [0.2, 0.25) is 5.02 Å². The Labute approximate surface area is 77.3 Å². The number of rotatable bonds is 2. The average Bonchev–Trinajstić information content (AvgIpc) is 2.05. The average molecular weight is 181 g/mol. The van der Waals surface area contributed by atoms with E-state index in [1.807, 2.05) is 19.1 Å². The van der Waals surface area contributed by atoms with Crippen LogP contribution in [0.4, 0.5) is 0 Å². The molecule has 1 nitrogen and oxygen atoms in total. The highest BCUT2D eigenvalue weighted by Gasteiger charge is 2.03. The second-order valence-electron chi connectivity index (χ2n) is 2.19. The summed E-state index contributed by atoms with van der Waals surface area (Å²) in [5.41, 5.74) is 0.626. The molecule has 0 heterocycles. The predicted molar refractivity (Wildman–Crippen MR) is 50.6 cm³/mol. The van der Waals surface area contributed by atoms with E-state index in [0.717, 1.165) is 0 Å². The Balaban J connectivity index is 3.11. The summed E-state index contributed by atoms with van der Waals surface area (Å²) in [6, 6.07) is 5.37. The number of halogens is 1. The van der Waals surface area contributed by atoms with Crippen molar-refractivity contribution >= 4 is 11.6 Å². The topological polar surface area (TPSA) is 9.23 Å². The summed E-state index contributed by atoms with van der Waals surface area (Å²) in [4.78, 5) is 0. The molecule has 12 heavy (non-hydrogen) atoms. The zero-order chi connectivity index (χ0) is 8.97. The Hall–Kier alpha value is -1.13. The van der Waals surface area contributed by atoms with E-state index in [1.54, 1.807) is 6.07 Å². The highest BCUT2D eigenvalue weighted by molar-refractivity contribution is 6.32. The van der Waals surface area contributed by atoms with E-state index < -0.39 is 0 Å². The van der Waals surface area contributed by atoms with Gasteiger partial charge in [0.25, 0.3) is 0 Å². The minimum atomic E-state index is 0.559. The fraction of sp³-hybridized carbons (Fsp3) is 0.200. The molecule has 62 valence electrons. The summed E-state index contributed by atoms with van der Waals surface area (Å²) in [6.45, 7) is 2.50. The van der Waals surface area contributed by atoms with Gasteiger partial charge in [-0.25, -0.2) is 0 Å².